The highest BCUT2D eigenvalue weighted by Crippen LogP contribution is 2.31. The first-order valence-electron chi connectivity index (χ1n) is 9.36. The summed E-state index contributed by atoms with van der Waals surface area (Å²) in [5.74, 6) is -2.35. The second kappa shape index (κ2) is 7.26. The number of amides is 1. The maximum Gasteiger partial charge on any atom is 0.298 e. The molecule has 27 heavy (non-hydrogen) atoms. The van der Waals surface area contributed by atoms with Gasteiger partial charge in [0.2, 0.25) is 5.91 Å². The predicted molar refractivity (Wildman–Crippen MR) is 99.3 cm³/mol. The smallest absolute Gasteiger partial charge is 0.298 e. The third kappa shape index (κ3) is 4.18. The Morgan fingerprint density at radius 1 is 1.22 bits per heavy atom. The topological polar surface area (TPSA) is 49.6 Å². The second-order valence-electron chi connectivity index (χ2n) is 7.48. The molecule has 0 saturated carbocycles. The molecule has 2 saturated heterocycles. The summed E-state index contributed by atoms with van der Waals surface area (Å²) in [5, 5.41) is 0.620. The summed E-state index contributed by atoms with van der Waals surface area (Å²) < 4.78 is 32.3. The number of nitrogens with zero attached hydrogens (tertiary/aromatic N) is 3. The fraction of sp³-hybridized carbons (Fsp3) is 0.579. The average Bonchev–Trinajstić information content (AvgIpc) is 3.05. The Hall–Kier alpha value is -1.89. The number of aromatic nitrogens is 1. The summed E-state index contributed by atoms with van der Waals surface area (Å²) in [6.45, 7) is 1.85. The quantitative estimate of drug-likeness (QED) is 0.772. The van der Waals surface area contributed by atoms with E-state index in [1.54, 1.807) is 17.0 Å². The summed E-state index contributed by atoms with van der Waals surface area (Å²) in [4.78, 5) is 20.6. The molecule has 1 amide bonds. The molecule has 2 fully saturated rings. The third-order valence-electron chi connectivity index (χ3n) is 5.53. The molecular weight excluding hydrogens is 376 g/mol. The fourth-order valence-electron chi connectivity index (χ4n) is 3.81. The molecule has 0 bridgehead atoms. The van der Waals surface area contributed by atoms with Gasteiger partial charge in [0.15, 0.2) is 5.58 Å². The van der Waals surface area contributed by atoms with Crippen molar-refractivity contribution in [2.45, 2.75) is 38.0 Å². The SMILES string of the molecule is O=C(CC1CCN(c2nc3cc(Cl)ccc3o2)CC1)N1CCC(F)(F)CC1. The number of alkyl halides is 2. The van der Waals surface area contributed by atoms with E-state index in [4.69, 9.17) is 16.0 Å². The lowest BCUT2D eigenvalue weighted by molar-refractivity contribution is -0.138. The molecule has 0 N–H and O–H groups in total. The van der Waals surface area contributed by atoms with Crippen molar-refractivity contribution < 1.29 is 18.0 Å². The van der Waals surface area contributed by atoms with Crippen LogP contribution in [0.2, 0.25) is 5.02 Å². The van der Waals surface area contributed by atoms with Gasteiger partial charge in [0.25, 0.3) is 11.9 Å². The molecule has 0 atom stereocenters. The minimum absolute atomic E-state index is 0.000420. The summed E-state index contributed by atoms with van der Waals surface area (Å²) >= 11 is 5.99. The van der Waals surface area contributed by atoms with Gasteiger partial charge in [-0.1, -0.05) is 11.6 Å². The van der Waals surface area contributed by atoms with Gasteiger partial charge in [-0.25, -0.2) is 8.78 Å². The summed E-state index contributed by atoms with van der Waals surface area (Å²) in [6, 6.07) is 5.93. The lowest BCUT2D eigenvalue weighted by Crippen LogP contribution is -2.44. The number of likely N-dealkylation sites (tertiary alicyclic amines) is 1. The van der Waals surface area contributed by atoms with E-state index in [1.807, 2.05) is 6.07 Å². The Labute approximate surface area is 161 Å². The zero-order valence-electron chi connectivity index (χ0n) is 15.0. The van der Waals surface area contributed by atoms with Gasteiger partial charge < -0.3 is 14.2 Å². The Kier molecular flexibility index (Phi) is 4.97. The van der Waals surface area contributed by atoms with Gasteiger partial charge >= 0.3 is 0 Å². The molecular formula is C19H22ClF2N3O2. The highest BCUT2D eigenvalue weighted by Gasteiger charge is 2.36. The van der Waals surface area contributed by atoms with Crippen LogP contribution in [-0.4, -0.2) is 47.9 Å². The molecule has 1 aromatic heterocycles. The standard InChI is InChI=1S/C19H22ClF2N3O2/c20-14-1-2-16-15(12-14)23-18(27-16)25-7-3-13(4-8-25)11-17(26)24-9-5-19(21,22)6-10-24/h1-2,12-13H,3-11H2. The lowest BCUT2D eigenvalue weighted by Gasteiger charge is -2.34. The number of carbonyl (C=O) groups excluding carboxylic acids is 1. The minimum atomic E-state index is -2.62. The summed E-state index contributed by atoms with van der Waals surface area (Å²) in [6.07, 6.45) is 1.70. The molecule has 0 unspecified atom stereocenters. The fourth-order valence-corrected chi connectivity index (χ4v) is 3.98. The number of carbonyl (C=O) groups is 1. The number of hydrogen-bond acceptors (Lipinski definition) is 4. The number of oxazole rings is 1. The van der Waals surface area contributed by atoms with Crippen LogP contribution in [0.15, 0.2) is 22.6 Å². The van der Waals surface area contributed by atoms with E-state index in [-0.39, 0.29) is 37.8 Å². The highest BCUT2D eigenvalue weighted by molar-refractivity contribution is 6.31. The molecule has 0 aliphatic carbocycles. The van der Waals surface area contributed by atoms with Crippen molar-refractivity contribution in [3.8, 4) is 0 Å². The summed E-state index contributed by atoms with van der Waals surface area (Å²) in [7, 11) is 0. The largest absolute Gasteiger partial charge is 0.423 e. The van der Waals surface area contributed by atoms with Crippen LogP contribution < -0.4 is 4.90 Å². The van der Waals surface area contributed by atoms with Gasteiger partial charge in [-0.3, -0.25) is 4.79 Å². The van der Waals surface area contributed by atoms with E-state index >= 15 is 0 Å². The number of benzene rings is 1. The van der Waals surface area contributed by atoms with Crippen LogP contribution in [0.5, 0.6) is 0 Å². The van der Waals surface area contributed by atoms with Crippen LogP contribution in [0.1, 0.15) is 32.1 Å². The normalized spacial score (nSPS) is 21.0. The molecule has 146 valence electrons. The number of anilines is 1. The minimum Gasteiger partial charge on any atom is -0.423 e. The van der Waals surface area contributed by atoms with Gasteiger partial charge in [0, 0.05) is 50.5 Å². The molecule has 0 radical (unpaired) electrons. The Morgan fingerprint density at radius 3 is 2.63 bits per heavy atom. The van der Waals surface area contributed by atoms with Gasteiger partial charge in [-0.05, 0) is 37.0 Å². The lowest BCUT2D eigenvalue weighted by atomic mass is 9.92. The van der Waals surface area contributed by atoms with Crippen molar-refractivity contribution in [3.63, 3.8) is 0 Å². The second-order valence-corrected chi connectivity index (χ2v) is 7.92. The Morgan fingerprint density at radius 2 is 1.93 bits per heavy atom. The maximum atomic E-state index is 13.2. The van der Waals surface area contributed by atoms with Crippen molar-refractivity contribution in [3.05, 3.63) is 23.2 Å². The van der Waals surface area contributed by atoms with Crippen molar-refractivity contribution in [1.82, 2.24) is 9.88 Å². The van der Waals surface area contributed by atoms with Gasteiger partial charge in [-0.2, -0.15) is 4.98 Å². The molecule has 0 spiro atoms. The van der Waals surface area contributed by atoms with Gasteiger partial charge in [-0.15, -0.1) is 0 Å². The van der Waals surface area contributed by atoms with E-state index in [0.717, 1.165) is 31.4 Å². The molecule has 4 rings (SSSR count). The van der Waals surface area contributed by atoms with E-state index in [0.29, 0.717) is 23.0 Å². The zero-order chi connectivity index (χ0) is 19.0. The third-order valence-corrected chi connectivity index (χ3v) is 5.77. The summed E-state index contributed by atoms with van der Waals surface area (Å²) in [5.41, 5.74) is 1.44. The van der Waals surface area contributed by atoms with Crippen molar-refractivity contribution >= 4 is 34.6 Å². The number of piperidine rings is 2. The Balaban J connectivity index is 1.30. The van der Waals surface area contributed by atoms with Crippen LogP contribution in [-0.2, 0) is 4.79 Å². The number of hydrogen-bond donors (Lipinski definition) is 0. The number of rotatable bonds is 3. The first-order chi connectivity index (χ1) is 12.9. The predicted octanol–water partition coefficient (Wildman–Crippen LogP) is 4.35. The van der Waals surface area contributed by atoms with Crippen molar-refractivity contribution in [2.24, 2.45) is 5.92 Å². The van der Waals surface area contributed by atoms with Gasteiger partial charge in [0.05, 0.1) is 0 Å². The molecule has 3 heterocycles. The van der Waals surface area contributed by atoms with Crippen molar-refractivity contribution in [1.29, 1.82) is 0 Å². The molecule has 5 nitrogen and oxygen atoms in total. The van der Waals surface area contributed by atoms with Crippen LogP contribution in [0.3, 0.4) is 0 Å². The van der Waals surface area contributed by atoms with E-state index in [9.17, 15) is 13.6 Å². The molecule has 1 aromatic carbocycles. The Bertz CT molecular complexity index is 823. The first kappa shape index (κ1) is 18.5. The van der Waals surface area contributed by atoms with Crippen LogP contribution in [0, 0.1) is 5.92 Å². The van der Waals surface area contributed by atoms with Crippen LogP contribution >= 0.6 is 11.6 Å². The van der Waals surface area contributed by atoms with E-state index in [2.05, 4.69) is 9.88 Å². The molecule has 8 heteroatoms. The van der Waals surface area contributed by atoms with Crippen molar-refractivity contribution in [2.75, 3.05) is 31.1 Å². The molecule has 2 aliphatic heterocycles. The first-order valence-corrected chi connectivity index (χ1v) is 9.74. The zero-order valence-corrected chi connectivity index (χ0v) is 15.7. The van der Waals surface area contributed by atoms with Gasteiger partial charge in [0.1, 0.15) is 5.52 Å². The average molecular weight is 398 g/mol. The maximum absolute atomic E-state index is 13.2. The van der Waals surface area contributed by atoms with E-state index in [1.165, 1.54) is 0 Å². The van der Waals surface area contributed by atoms with Crippen LogP contribution in [0.4, 0.5) is 14.8 Å². The highest BCUT2D eigenvalue weighted by atomic mass is 35.5. The molecule has 2 aliphatic rings. The number of fused-ring (bicyclic) bond motifs is 1. The van der Waals surface area contributed by atoms with E-state index < -0.39 is 5.92 Å². The van der Waals surface area contributed by atoms with Crippen LogP contribution in [0.25, 0.3) is 11.1 Å². The number of halogens is 3. The molecule has 2 aromatic rings. The monoisotopic (exact) mass is 397 g/mol.